The number of methoxy groups -OCH3 is 1. The molecule has 1 aromatic heterocycles. The lowest BCUT2D eigenvalue weighted by Gasteiger charge is -2.49. The van der Waals surface area contributed by atoms with Crippen molar-refractivity contribution >= 4 is 16.8 Å². The molecule has 0 radical (unpaired) electrons. The Labute approximate surface area is 181 Å². The Morgan fingerprint density at radius 3 is 2.87 bits per heavy atom. The van der Waals surface area contributed by atoms with Crippen molar-refractivity contribution in [2.45, 2.75) is 18.4 Å². The van der Waals surface area contributed by atoms with E-state index >= 15 is 0 Å². The van der Waals surface area contributed by atoms with Gasteiger partial charge in [0.05, 0.1) is 19.3 Å². The number of quaternary nitrogens is 1. The fourth-order valence-corrected chi connectivity index (χ4v) is 6.16. The summed E-state index contributed by atoms with van der Waals surface area (Å²) in [5.41, 5.74) is 3.53. The third-order valence-corrected chi connectivity index (χ3v) is 7.63. The normalized spacial score (nSPS) is 26.6. The fourth-order valence-electron chi connectivity index (χ4n) is 6.16. The minimum atomic E-state index is -0.220. The predicted molar refractivity (Wildman–Crippen MR) is 118 cm³/mol. The molecule has 6 nitrogen and oxygen atoms in total. The zero-order chi connectivity index (χ0) is 21.1. The highest BCUT2D eigenvalue weighted by Crippen LogP contribution is 2.49. The third-order valence-electron chi connectivity index (χ3n) is 7.63. The molecular weight excluding hydrogens is 390 g/mol. The van der Waals surface area contributed by atoms with Crippen molar-refractivity contribution in [2.24, 2.45) is 0 Å². The lowest BCUT2D eigenvalue weighted by atomic mass is 9.83. The zero-order valence-electron chi connectivity index (χ0n) is 17.9. The van der Waals surface area contributed by atoms with Gasteiger partial charge in [-0.15, -0.1) is 0 Å². The number of rotatable bonds is 5. The second-order valence-electron chi connectivity index (χ2n) is 9.23. The Morgan fingerprint density at radius 1 is 1.16 bits per heavy atom. The molecule has 3 aliphatic rings. The standard InChI is InChI=1S/C25H28N3O3/c1-30-19-7-8-22-21(15-19)20-9-11-27-23(29)16-28(12-10-25(27,17-28)24(20)26-22)13-14-31-18-5-3-2-4-6-18/h2-8,15,26H,9-14,16-17H2,1H3/q+1. The molecule has 2 atom stereocenters. The van der Waals surface area contributed by atoms with Crippen LogP contribution in [-0.4, -0.2) is 66.7 Å². The minimum absolute atomic E-state index is 0.220. The molecule has 2 bridgehead atoms. The number of carbonyl (C=O) groups excluding carboxylic acids is 1. The molecule has 160 valence electrons. The van der Waals surface area contributed by atoms with E-state index in [1.165, 1.54) is 16.6 Å². The lowest BCUT2D eigenvalue weighted by molar-refractivity contribution is -0.914. The Bertz CT molecular complexity index is 1160. The summed E-state index contributed by atoms with van der Waals surface area (Å²) in [7, 11) is 1.71. The molecular formula is C25H28N3O3+. The van der Waals surface area contributed by atoms with Crippen LogP contribution in [0.25, 0.3) is 10.9 Å². The number of carbonyl (C=O) groups is 1. The van der Waals surface area contributed by atoms with E-state index in [2.05, 4.69) is 22.0 Å². The SMILES string of the molecule is COc1ccc2[nH]c3c(c2c1)CCN1C(=O)C[N+]2(CCOc4ccccc4)CCC31C2. The molecule has 6 rings (SSSR count). The first kappa shape index (κ1) is 18.8. The number of hydrogen-bond donors (Lipinski definition) is 1. The Morgan fingerprint density at radius 2 is 2.03 bits per heavy atom. The average molecular weight is 419 g/mol. The quantitative estimate of drug-likeness (QED) is 0.648. The maximum Gasteiger partial charge on any atom is 0.278 e. The highest BCUT2D eigenvalue weighted by molar-refractivity contribution is 5.88. The number of ether oxygens (including phenoxy) is 2. The smallest absolute Gasteiger partial charge is 0.278 e. The minimum Gasteiger partial charge on any atom is -0.497 e. The summed E-state index contributed by atoms with van der Waals surface area (Å²) in [5.74, 6) is 2.05. The molecule has 0 aliphatic carbocycles. The van der Waals surface area contributed by atoms with Crippen LogP contribution in [0, 0.1) is 0 Å². The molecule has 0 saturated carbocycles. The van der Waals surface area contributed by atoms with E-state index in [1.807, 2.05) is 36.4 Å². The molecule has 4 heterocycles. The van der Waals surface area contributed by atoms with Gasteiger partial charge < -0.3 is 23.8 Å². The van der Waals surface area contributed by atoms with Crippen LogP contribution in [0.3, 0.4) is 0 Å². The first-order valence-corrected chi connectivity index (χ1v) is 11.2. The molecule has 2 saturated heterocycles. The number of benzene rings is 2. The molecule has 3 aliphatic heterocycles. The lowest BCUT2D eigenvalue weighted by Crippen LogP contribution is -2.66. The van der Waals surface area contributed by atoms with Crippen LogP contribution in [0.4, 0.5) is 0 Å². The van der Waals surface area contributed by atoms with E-state index in [0.29, 0.717) is 13.2 Å². The number of nitrogens with zero attached hydrogens (tertiary/aromatic N) is 2. The Balaban J connectivity index is 1.33. The number of hydrogen-bond acceptors (Lipinski definition) is 3. The number of nitrogens with one attached hydrogen (secondary N) is 1. The predicted octanol–water partition coefficient (Wildman–Crippen LogP) is 3.07. The summed E-state index contributed by atoms with van der Waals surface area (Å²) in [6, 6.07) is 16.2. The van der Waals surface area contributed by atoms with Crippen molar-refractivity contribution in [3.05, 3.63) is 59.8 Å². The van der Waals surface area contributed by atoms with Gasteiger partial charge in [0.15, 0.2) is 6.54 Å². The van der Waals surface area contributed by atoms with Crippen LogP contribution in [0.5, 0.6) is 11.5 Å². The molecule has 2 fully saturated rings. The largest absolute Gasteiger partial charge is 0.497 e. The van der Waals surface area contributed by atoms with Gasteiger partial charge in [0, 0.05) is 23.9 Å². The van der Waals surface area contributed by atoms with Gasteiger partial charge in [0.2, 0.25) is 0 Å². The van der Waals surface area contributed by atoms with E-state index < -0.39 is 0 Å². The van der Waals surface area contributed by atoms with Crippen LogP contribution in [0.2, 0.25) is 0 Å². The van der Waals surface area contributed by atoms with Crippen LogP contribution in [-0.2, 0) is 16.8 Å². The van der Waals surface area contributed by atoms with Crippen molar-refractivity contribution in [3.63, 3.8) is 0 Å². The second kappa shape index (κ2) is 6.76. The highest BCUT2D eigenvalue weighted by Gasteiger charge is 2.62. The summed E-state index contributed by atoms with van der Waals surface area (Å²) in [5, 5.41) is 1.24. The van der Waals surface area contributed by atoms with E-state index in [9.17, 15) is 4.79 Å². The van der Waals surface area contributed by atoms with Crippen molar-refractivity contribution < 1.29 is 18.8 Å². The molecule has 1 N–H and O–H groups in total. The number of fused-ring (bicyclic) bond motifs is 4. The van der Waals surface area contributed by atoms with E-state index in [-0.39, 0.29) is 11.4 Å². The number of H-pyrrole nitrogens is 1. The number of aromatic amines is 1. The van der Waals surface area contributed by atoms with E-state index in [4.69, 9.17) is 9.47 Å². The fraction of sp³-hybridized carbons (Fsp3) is 0.400. The Kier molecular flexibility index (Phi) is 4.09. The highest BCUT2D eigenvalue weighted by atomic mass is 16.5. The number of para-hydroxylation sites is 1. The average Bonchev–Trinajstić information content (AvgIpc) is 3.31. The van der Waals surface area contributed by atoms with Crippen molar-refractivity contribution in [2.75, 3.05) is 46.4 Å². The van der Waals surface area contributed by atoms with Crippen molar-refractivity contribution in [3.8, 4) is 11.5 Å². The van der Waals surface area contributed by atoms with Crippen LogP contribution in [0.1, 0.15) is 17.7 Å². The second-order valence-corrected chi connectivity index (χ2v) is 9.23. The van der Waals surface area contributed by atoms with Crippen LogP contribution in [0.15, 0.2) is 48.5 Å². The molecule has 1 amide bonds. The van der Waals surface area contributed by atoms with Crippen molar-refractivity contribution in [1.29, 1.82) is 0 Å². The van der Waals surface area contributed by atoms with Gasteiger partial charge in [0.25, 0.3) is 5.91 Å². The zero-order valence-corrected chi connectivity index (χ0v) is 17.9. The van der Waals surface area contributed by atoms with Crippen LogP contribution < -0.4 is 9.47 Å². The monoisotopic (exact) mass is 418 g/mol. The number of amides is 1. The molecule has 31 heavy (non-hydrogen) atoms. The van der Waals surface area contributed by atoms with Gasteiger partial charge in [-0.05, 0) is 42.3 Å². The summed E-state index contributed by atoms with van der Waals surface area (Å²) >= 11 is 0. The van der Waals surface area contributed by atoms with Gasteiger partial charge in [-0.1, -0.05) is 18.2 Å². The van der Waals surface area contributed by atoms with Crippen LogP contribution >= 0.6 is 0 Å². The summed E-state index contributed by atoms with van der Waals surface area (Å²) < 4.78 is 12.3. The van der Waals surface area contributed by atoms with Gasteiger partial charge >= 0.3 is 0 Å². The first-order chi connectivity index (χ1) is 15.1. The van der Waals surface area contributed by atoms with Gasteiger partial charge in [-0.3, -0.25) is 4.79 Å². The molecule has 2 aromatic carbocycles. The summed E-state index contributed by atoms with van der Waals surface area (Å²) in [6.45, 7) is 4.86. The first-order valence-electron chi connectivity index (χ1n) is 11.2. The van der Waals surface area contributed by atoms with Gasteiger partial charge in [-0.25, -0.2) is 0 Å². The summed E-state index contributed by atoms with van der Waals surface area (Å²) in [4.78, 5) is 19.2. The molecule has 1 spiro atoms. The Hall–Kier alpha value is -2.99. The van der Waals surface area contributed by atoms with E-state index in [0.717, 1.165) is 60.5 Å². The summed E-state index contributed by atoms with van der Waals surface area (Å²) in [6.07, 6.45) is 1.90. The maximum absolute atomic E-state index is 13.3. The van der Waals surface area contributed by atoms with Crippen molar-refractivity contribution in [1.82, 2.24) is 9.88 Å². The van der Waals surface area contributed by atoms with Gasteiger partial charge in [-0.2, -0.15) is 0 Å². The maximum atomic E-state index is 13.3. The topological polar surface area (TPSA) is 54.6 Å². The molecule has 2 unspecified atom stereocenters. The number of piperazine rings is 1. The van der Waals surface area contributed by atoms with E-state index in [1.54, 1.807) is 7.11 Å². The molecule has 3 aromatic rings. The van der Waals surface area contributed by atoms with Gasteiger partial charge in [0.1, 0.15) is 36.7 Å². The third kappa shape index (κ3) is 2.78. The number of aromatic nitrogens is 1. The molecule has 6 heteroatoms.